The van der Waals surface area contributed by atoms with Gasteiger partial charge in [0.15, 0.2) is 5.13 Å². The maximum Gasteiger partial charge on any atom is 0.268 e. The highest BCUT2D eigenvalue weighted by Crippen LogP contribution is 2.30. The Morgan fingerprint density at radius 1 is 1.00 bits per heavy atom. The Hall–Kier alpha value is -4.21. The SMILES string of the molecule is N#C/C(=C\c1ccc(O)c(-c2ccccc2)c1)C(=O)Nc1nc(-c2ccccc2)cs1. The van der Waals surface area contributed by atoms with Crippen molar-refractivity contribution >= 4 is 28.5 Å². The number of aromatic hydroxyl groups is 1. The molecule has 0 unspecified atom stereocenters. The minimum atomic E-state index is -0.536. The molecule has 6 heteroatoms. The summed E-state index contributed by atoms with van der Waals surface area (Å²) in [5, 5.41) is 24.7. The molecule has 0 saturated carbocycles. The number of thiazole rings is 1. The molecule has 2 N–H and O–H groups in total. The lowest BCUT2D eigenvalue weighted by Crippen LogP contribution is -2.13. The van der Waals surface area contributed by atoms with E-state index in [9.17, 15) is 15.2 Å². The van der Waals surface area contributed by atoms with Gasteiger partial charge >= 0.3 is 0 Å². The summed E-state index contributed by atoms with van der Waals surface area (Å²) in [4.78, 5) is 17.1. The molecule has 0 aliphatic carbocycles. The minimum Gasteiger partial charge on any atom is -0.507 e. The number of aromatic nitrogens is 1. The van der Waals surface area contributed by atoms with Crippen molar-refractivity contribution in [2.45, 2.75) is 0 Å². The molecule has 0 fully saturated rings. The van der Waals surface area contributed by atoms with Crippen LogP contribution in [-0.4, -0.2) is 16.0 Å². The van der Waals surface area contributed by atoms with Gasteiger partial charge in [-0.15, -0.1) is 11.3 Å². The second kappa shape index (κ2) is 9.08. The van der Waals surface area contributed by atoms with E-state index in [-0.39, 0.29) is 11.3 Å². The number of nitrogens with zero attached hydrogens (tertiary/aromatic N) is 2. The van der Waals surface area contributed by atoms with Crippen LogP contribution in [0.25, 0.3) is 28.5 Å². The molecule has 150 valence electrons. The molecule has 0 bridgehead atoms. The van der Waals surface area contributed by atoms with Crippen LogP contribution in [0, 0.1) is 11.3 Å². The van der Waals surface area contributed by atoms with Gasteiger partial charge in [0, 0.05) is 16.5 Å². The highest BCUT2D eigenvalue weighted by Gasteiger charge is 2.13. The van der Waals surface area contributed by atoms with Crippen LogP contribution < -0.4 is 5.32 Å². The summed E-state index contributed by atoms with van der Waals surface area (Å²) in [6, 6.07) is 26.0. The van der Waals surface area contributed by atoms with Crippen molar-refractivity contribution in [3.63, 3.8) is 0 Å². The molecule has 0 radical (unpaired) electrons. The van der Waals surface area contributed by atoms with Crippen LogP contribution in [0.5, 0.6) is 5.75 Å². The number of hydrogen-bond acceptors (Lipinski definition) is 5. The number of rotatable bonds is 5. The molecule has 3 aromatic carbocycles. The highest BCUT2D eigenvalue weighted by atomic mass is 32.1. The first-order chi connectivity index (χ1) is 15.1. The Labute approximate surface area is 183 Å². The van der Waals surface area contributed by atoms with Crippen LogP contribution in [0.4, 0.5) is 5.13 Å². The van der Waals surface area contributed by atoms with E-state index in [4.69, 9.17) is 0 Å². The van der Waals surface area contributed by atoms with Gasteiger partial charge in [-0.05, 0) is 29.3 Å². The summed E-state index contributed by atoms with van der Waals surface area (Å²) in [7, 11) is 0. The van der Waals surface area contributed by atoms with Crippen LogP contribution in [0.15, 0.2) is 89.8 Å². The Morgan fingerprint density at radius 3 is 2.35 bits per heavy atom. The van der Waals surface area contributed by atoms with E-state index >= 15 is 0 Å². The number of carbonyl (C=O) groups is 1. The van der Waals surface area contributed by atoms with Gasteiger partial charge in [-0.3, -0.25) is 10.1 Å². The lowest BCUT2D eigenvalue weighted by atomic mass is 10.0. The first-order valence-corrected chi connectivity index (χ1v) is 10.3. The van der Waals surface area contributed by atoms with E-state index in [1.807, 2.05) is 72.1 Å². The summed E-state index contributed by atoms with van der Waals surface area (Å²) in [5.74, 6) is -0.409. The zero-order valence-corrected chi connectivity index (χ0v) is 17.1. The van der Waals surface area contributed by atoms with Crippen LogP contribution >= 0.6 is 11.3 Å². The molecular formula is C25H17N3O2S. The third-order valence-electron chi connectivity index (χ3n) is 4.58. The molecule has 31 heavy (non-hydrogen) atoms. The van der Waals surface area contributed by atoms with Crippen molar-refractivity contribution in [3.8, 4) is 34.2 Å². The number of anilines is 1. The molecule has 0 aliphatic heterocycles. The number of nitrogens with one attached hydrogen (secondary N) is 1. The average Bonchev–Trinajstić information content (AvgIpc) is 3.28. The number of nitriles is 1. The van der Waals surface area contributed by atoms with E-state index in [1.165, 1.54) is 17.4 Å². The summed E-state index contributed by atoms with van der Waals surface area (Å²) >= 11 is 1.30. The normalized spacial score (nSPS) is 11.0. The maximum atomic E-state index is 12.6. The van der Waals surface area contributed by atoms with E-state index in [2.05, 4.69) is 10.3 Å². The first kappa shape index (κ1) is 20.1. The lowest BCUT2D eigenvalue weighted by molar-refractivity contribution is -0.112. The van der Waals surface area contributed by atoms with Gasteiger partial charge in [0.05, 0.1) is 5.69 Å². The molecule has 4 aromatic rings. The second-order valence-corrected chi connectivity index (χ2v) is 7.53. The minimum absolute atomic E-state index is 0.0545. The molecule has 1 heterocycles. The lowest BCUT2D eigenvalue weighted by Gasteiger charge is -2.07. The molecule has 1 aromatic heterocycles. The molecule has 5 nitrogen and oxygen atoms in total. The second-order valence-electron chi connectivity index (χ2n) is 6.67. The van der Waals surface area contributed by atoms with Crippen molar-refractivity contribution in [1.29, 1.82) is 5.26 Å². The summed E-state index contributed by atoms with van der Waals surface area (Å²) in [6.45, 7) is 0. The number of hydrogen-bond donors (Lipinski definition) is 2. The number of carbonyl (C=O) groups excluding carboxylic acids is 1. The third kappa shape index (κ3) is 4.69. The van der Waals surface area contributed by atoms with E-state index < -0.39 is 5.91 Å². The topological polar surface area (TPSA) is 86.0 Å². The van der Waals surface area contributed by atoms with Gasteiger partial charge < -0.3 is 5.11 Å². The van der Waals surface area contributed by atoms with Crippen LogP contribution in [0.1, 0.15) is 5.56 Å². The zero-order chi connectivity index (χ0) is 21.6. The third-order valence-corrected chi connectivity index (χ3v) is 5.33. The fourth-order valence-electron chi connectivity index (χ4n) is 3.04. The Balaban J connectivity index is 1.56. The van der Waals surface area contributed by atoms with Gasteiger partial charge in [0.1, 0.15) is 17.4 Å². The standard InChI is InChI=1S/C25H17N3O2S/c26-15-20(13-17-11-12-23(29)21(14-17)18-7-3-1-4-8-18)24(30)28-25-27-22(16-31-25)19-9-5-2-6-10-19/h1-14,16,29H,(H,27,28,30)/b20-13+. The number of phenolic OH excluding ortho intramolecular Hbond substituents is 1. The zero-order valence-electron chi connectivity index (χ0n) is 16.3. The van der Waals surface area contributed by atoms with E-state index in [1.54, 1.807) is 18.2 Å². The van der Waals surface area contributed by atoms with Crippen molar-refractivity contribution in [2.75, 3.05) is 5.32 Å². The van der Waals surface area contributed by atoms with Gasteiger partial charge in [-0.25, -0.2) is 4.98 Å². The fourth-order valence-corrected chi connectivity index (χ4v) is 3.76. The summed E-state index contributed by atoms with van der Waals surface area (Å²) in [6.07, 6.45) is 1.49. The number of phenols is 1. The first-order valence-electron chi connectivity index (χ1n) is 9.46. The Bertz CT molecular complexity index is 1290. The maximum absolute atomic E-state index is 12.6. The summed E-state index contributed by atoms with van der Waals surface area (Å²) in [5.41, 5.74) is 3.75. The molecule has 0 atom stereocenters. The molecule has 0 spiro atoms. The van der Waals surface area contributed by atoms with Gasteiger partial charge in [0.2, 0.25) is 0 Å². The van der Waals surface area contributed by atoms with E-state index in [0.717, 1.165) is 16.8 Å². The molecule has 0 aliphatic rings. The predicted octanol–water partition coefficient (Wildman–Crippen LogP) is 5.73. The van der Waals surface area contributed by atoms with Gasteiger partial charge in [0.25, 0.3) is 5.91 Å². The van der Waals surface area contributed by atoms with Gasteiger partial charge in [-0.1, -0.05) is 66.7 Å². The largest absolute Gasteiger partial charge is 0.507 e. The quantitative estimate of drug-likeness (QED) is 0.317. The molecule has 1 amide bonds. The van der Waals surface area contributed by atoms with E-state index in [0.29, 0.717) is 16.3 Å². The van der Waals surface area contributed by atoms with Gasteiger partial charge in [-0.2, -0.15) is 5.26 Å². The van der Waals surface area contributed by atoms with Crippen molar-refractivity contribution in [2.24, 2.45) is 0 Å². The van der Waals surface area contributed by atoms with Crippen molar-refractivity contribution < 1.29 is 9.90 Å². The molecule has 0 saturated heterocycles. The fraction of sp³-hybridized carbons (Fsp3) is 0. The number of benzene rings is 3. The predicted molar refractivity (Wildman–Crippen MR) is 123 cm³/mol. The van der Waals surface area contributed by atoms with Crippen LogP contribution in [0.2, 0.25) is 0 Å². The van der Waals surface area contributed by atoms with Crippen LogP contribution in [0.3, 0.4) is 0 Å². The smallest absolute Gasteiger partial charge is 0.268 e. The monoisotopic (exact) mass is 423 g/mol. The van der Waals surface area contributed by atoms with Crippen molar-refractivity contribution in [3.05, 3.63) is 95.4 Å². The summed E-state index contributed by atoms with van der Waals surface area (Å²) < 4.78 is 0. The molecular weight excluding hydrogens is 406 g/mol. The molecule has 4 rings (SSSR count). The Kier molecular flexibility index (Phi) is 5.88. The average molecular weight is 423 g/mol. The highest BCUT2D eigenvalue weighted by molar-refractivity contribution is 7.14. The Morgan fingerprint density at radius 2 is 1.68 bits per heavy atom. The number of amides is 1. The van der Waals surface area contributed by atoms with Crippen molar-refractivity contribution in [1.82, 2.24) is 4.98 Å². The van der Waals surface area contributed by atoms with Crippen LogP contribution in [-0.2, 0) is 4.79 Å².